The Labute approximate surface area is 202 Å². The first-order valence-corrected chi connectivity index (χ1v) is 11.3. The summed E-state index contributed by atoms with van der Waals surface area (Å²) in [6.07, 6.45) is 1.81. The van der Waals surface area contributed by atoms with Crippen molar-refractivity contribution in [1.82, 2.24) is 4.90 Å². The minimum Gasteiger partial charge on any atom is -0.422 e. The molecule has 33 heavy (non-hydrogen) atoms. The molecule has 1 atom stereocenters. The van der Waals surface area contributed by atoms with Crippen LogP contribution in [0.5, 0.6) is 11.5 Å². The molecule has 0 aromatic heterocycles. The fourth-order valence-corrected chi connectivity index (χ4v) is 4.33. The highest BCUT2D eigenvalue weighted by atomic mass is 35.5. The number of carbonyl (C=O) groups is 2. The van der Waals surface area contributed by atoms with Crippen LogP contribution in [0, 0.1) is 10.8 Å². The Hall–Kier alpha value is -2.37. The van der Waals surface area contributed by atoms with Gasteiger partial charge in [0.15, 0.2) is 11.5 Å². The monoisotopic (exact) mass is 471 g/mol. The first kappa shape index (κ1) is 25.3. The van der Waals surface area contributed by atoms with E-state index < -0.39 is 10.8 Å². The Balaban J connectivity index is 0.00000306. The predicted octanol–water partition coefficient (Wildman–Crippen LogP) is 5.76. The van der Waals surface area contributed by atoms with Gasteiger partial charge in [0.25, 0.3) is 0 Å². The zero-order valence-corrected chi connectivity index (χ0v) is 21.4. The van der Waals surface area contributed by atoms with Gasteiger partial charge in [0.1, 0.15) is 0 Å². The van der Waals surface area contributed by atoms with Crippen LogP contribution in [0.1, 0.15) is 64.3 Å². The van der Waals surface area contributed by atoms with E-state index in [0.29, 0.717) is 11.5 Å². The van der Waals surface area contributed by atoms with Crippen LogP contribution in [0.3, 0.4) is 0 Å². The molecule has 0 unspecified atom stereocenters. The van der Waals surface area contributed by atoms with Gasteiger partial charge in [0, 0.05) is 18.2 Å². The third kappa shape index (κ3) is 4.67. The average molecular weight is 472 g/mol. The van der Waals surface area contributed by atoms with Gasteiger partial charge in [-0.15, -0.1) is 12.4 Å². The van der Waals surface area contributed by atoms with Crippen LogP contribution in [0.4, 0.5) is 0 Å². The summed E-state index contributed by atoms with van der Waals surface area (Å²) in [5, 5.41) is 0. The summed E-state index contributed by atoms with van der Waals surface area (Å²) in [6.45, 7) is 11.9. The topological polar surface area (TPSA) is 55.8 Å². The number of rotatable bonds is 2. The summed E-state index contributed by atoms with van der Waals surface area (Å²) in [6, 6.07) is 10.4. The van der Waals surface area contributed by atoms with Gasteiger partial charge in [-0.2, -0.15) is 0 Å². The van der Waals surface area contributed by atoms with Crippen LogP contribution in [-0.4, -0.2) is 30.4 Å². The highest BCUT2D eigenvalue weighted by molar-refractivity contribution is 5.89. The number of likely N-dealkylation sites (N-methyl/N-ethyl adjacent to an activating group) is 1. The molecule has 0 amide bonds. The fourth-order valence-electron chi connectivity index (χ4n) is 4.33. The Kier molecular flexibility index (Phi) is 6.71. The molecule has 0 bridgehead atoms. The molecule has 5 nitrogen and oxygen atoms in total. The minimum atomic E-state index is -0.693. The van der Waals surface area contributed by atoms with Crippen LogP contribution >= 0.6 is 12.4 Å². The Morgan fingerprint density at radius 1 is 0.909 bits per heavy atom. The standard InChI is InChI=1S/C27H33NO4.ClH/c1-26(2,3)24(29)31-20-12-11-17-15-19-21-16(13-14-28(19)7)9-8-10-18(21)22(17)23(20)32-25(30)27(4,5)6;/h8-12,19H,13-15H2,1-7H3;1H/t19-;/m1./s1. The van der Waals surface area contributed by atoms with E-state index in [1.165, 1.54) is 11.1 Å². The van der Waals surface area contributed by atoms with E-state index in [1.54, 1.807) is 6.07 Å². The number of esters is 2. The van der Waals surface area contributed by atoms with Gasteiger partial charge in [0.05, 0.1) is 10.8 Å². The van der Waals surface area contributed by atoms with Gasteiger partial charge in [-0.25, -0.2) is 0 Å². The predicted molar refractivity (Wildman–Crippen MR) is 132 cm³/mol. The van der Waals surface area contributed by atoms with Crippen molar-refractivity contribution in [1.29, 1.82) is 0 Å². The lowest BCUT2D eigenvalue weighted by Crippen LogP contribution is -2.35. The summed E-state index contributed by atoms with van der Waals surface area (Å²) in [7, 11) is 2.16. The van der Waals surface area contributed by atoms with Crippen LogP contribution < -0.4 is 9.47 Å². The van der Waals surface area contributed by atoms with Crippen LogP contribution in [0.15, 0.2) is 30.3 Å². The summed E-state index contributed by atoms with van der Waals surface area (Å²) < 4.78 is 11.8. The molecule has 4 rings (SSSR count). The van der Waals surface area contributed by atoms with Crippen molar-refractivity contribution in [3.8, 4) is 22.6 Å². The number of halogens is 1. The molecule has 2 aromatic rings. The van der Waals surface area contributed by atoms with E-state index in [1.807, 2.05) is 47.6 Å². The van der Waals surface area contributed by atoms with E-state index in [-0.39, 0.29) is 30.4 Å². The minimum absolute atomic E-state index is 0. The molecule has 0 spiro atoms. The molecular formula is C27H34ClNO4. The van der Waals surface area contributed by atoms with Gasteiger partial charge >= 0.3 is 11.9 Å². The molecule has 0 fully saturated rings. The van der Waals surface area contributed by atoms with Crippen molar-refractivity contribution < 1.29 is 19.1 Å². The van der Waals surface area contributed by atoms with E-state index in [0.717, 1.165) is 36.1 Å². The van der Waals surface area contributed by atoms with Crippen molar-refractivity contribution in [2.24, 2.45) is 10.8 Å². The number of nitrogens with zero attached hydrogens (tertiary/aromatic N) is 1. The number of fused-ring (bicyclic) bond motifs is 2. The molecule has 2 aliphatic rings. The normalized spacial score (nSPS) is 17.4. The van der Waals surface area contributed by atoms with E-state index in [9.17, 15) is 9.59 Å². The second-order valence-electron chi connectivity index (χ2n) is 11.0. The molecule has 6 heteroatoms. The van der Waals surface area contributed by atoms with Gasteiger partial charge in [-0.05, 0) is 89.8 Å². The quantitative estimate of drug-likeness (QED) is 0.411. The van der Waals surface area contributed by atoms with Crippen molar-refractivity contribution in [3.05, 3.63) is 47.0 Å². The first-order valence-electron chi connectivity index (χ1n) is 11.3. The number of ether oxygens (including phenoxy) is 2. The van der Waals surface area contributed by atoms with Gasteiger partial charge in [-0.3, -0.25) is 14.5 Å². The van der Waals surface area contributed by atoms with Crippen molar-refractivity contribution in [3.63, 3.8) is 0 Å². The van der Waals surface area contributed by atoms with Crippen molar-refractivity contribution >= 4 is 24.3 Å². The molecule has 0 saturated heterocycles. The highest BCUT2D eigenvalue weighted by Gasteiger charge is 2.37. The molecule has 178 valence electrons. The number of hydrogen-bond acceptors (Lipinski definition) is 5. The van der Waals surface area contributed by atoms with Crippen LogP contribution in [0.2, 0.25) is 0 Å². The molecule has 0 saturated carbocycles. The average Bonchev–Trinajstić information content (AvgIpc) is 2.70. The molecule has 2 aromatic carbocycles. The maximum atomic E-state index is 12.9. The second kappa shape index (κ2) is 8.77. The first-order chi connectivity index (χ1) is 14.9. The zero-order valence-electron chi connectivity index (χ0n) is 20.6. The number of benzene rings is 2. The van der Waals surface area contributed by atoms with E-state index >= 15 is 0 Å². The second-order valence-corrected chi connectivity index (χ2v) is 11.0. The lowest BCUT2D eigenvalue weighted by Gasteiger charge is -2.40. The lowest BCUT2D eigenvalue weighted by molar-refractivity contribution is -0.145. The van der Waals surface area contributed by atoms with Gasteiger partial charge in [-0.1, -0.05) is 24.3 Å². The third-order valence-electron chi connectivity index (χ3n) is 6.31. The summed E-state index contributed by atoms with van der Waals surface area (Å²) in [5.41, 5.74) is 4.28. The van der Waals surface area contributed by atoms with Crippen molar-refractivity contribution in [2.45, 2.75) is 60.4 Å². The maximum Gasteiger partial charge on any atom is 0.316 e. The van der Waals surface area contributed by atoms with E-state index in [2.05, 4.69) is 30.1 Å². The molecule has 0 N–H and O–H groups in total. The zero-order chi connectivity index (χ0) is 23.4. The Morgan fingerprint density at radius 2 is 1.55 bits per heavy atom. The lowest BCUT2D eigenvalue weighted by atomic mass is 9.77. The molecule has 1 aliphatic carbocycles. The third-order valence-corrected chi connectivity index (χ3v) is 6.31. The van der Waals surface area contributed by atoms with Crippen LogP contribution in [0.25, 0.3) is 11.1 Å². The molecule has 1 heterocycles. The summed E-state index contributed by atoms with van der Waals surface area (Å²) in [5.74, 6) is -0.0846. The molecular weight excluding hydrogens is 438 g/mol. The number of hydrogen-bond donors (Lipinski definition) is 0. The highest BCUT2D eigenvalue weighted by Crippen LogP contribution is 2.51. The summed E-state index contributed by atoms with van der Waals surface area (Å²) >= 11 is 0. The molecule has 1 aliphatic heterocycles. The fraction of sp³-hybridized carbons (Fsp3) is 0.481. The van der Waals surface area contributed by atoms with Gasteiger partial charge in [0.2, 0.25) is 0 Å². The van der Waals surface area contributed by atoms with E-state index in [4.69, 9.17) is 9.47 Å². The summed E-state index contributed by atoms with van der Waals surface area (Å²) in [4.78, 5) is 28.1. The van der Waals surface area contributed by atoms with Crippen molar-refractivity contribution in [2.75, 3.05) is 13.6 Å². The largest absolute Gasteiger partial charge is 0.422 e. The Morgan fingerprint density at radius 3 is 2.18 bits per heavy atom. The number of carbonyl (C=O) groups excluding carboxylic acids is 2. The SMILES string of the molecule is CN1CCc2cccc3c2[C@H]1Cc1ccc(OC(=O)C(C)(C)C)c(OC(=O)C(C)(C)C)c1-3.Cl. The maximum absolute atomic E-state index is 12.9. The smallest absolute Gasteiger partial charge is 0.316 e. The Bertz CT molecular complexity index is 1090. The van der Waals surface area contributed by atoms with Crippen LogP contribution in [-0.2, 0) is 22.4 Å². The molecule has 0 radical (unpaired) electrons. The van der Waals surface area contributed by atoms with Gasteiger partial charge < -0.3 is 9.47 Å².